The first-order valence-corrected chi connectivity index (χ1v) is 5.28. The van der Waals surface area contributed by atoms with Crippen molar-refractivity contribution < 1.29 is 0 Å². The lowest BCUT2D eigenvalue weighted by molar-refractivity contribution is 0.771. The van der Waals surface area contributed by atoms with E-state index in [1.54, 1.807) is 12.4 Å². The van der Waals surface area contributed by atoms with Crippen LogP contribution in [0.3, 0.4) is 0 Å². The van der Waals surface area contributed by atoms with Gasteiger partial charge in [-0.05, 0) is 11.8 Å². The summed E-state index contributed by atoms with van der Waals surface area (Å²) >= 11 is 0. The molecule has 0 radical (unpaired) electrons. The molecular weight excluding hydrogens is 186 g/mol. The zero-order valence-electron chi connectivity index (χ0n) is 9.91. The molecule has 15 heavy (non-hydrogen) atoms. The quantitative estimate of drug-likeness (QED) is 0.820. The third kappa shape index (κ3) is 3.35. The molecule has 1 aromatic rings. The number of rotatable bonds is 4. The van der Waals surface area contributed by atoms with E-state index >= 15 is 0 Å². The Kier molecular flexibility index (Phi) is 3.83. The monoisotopic (exact) mass is 205 g/mol. The summed E-state index contributed by atoms with van der Waals surface area (Å²) in [5.41, 5.74) is 1.96. The molecule has 0 unspecified atom stereocenters. The highest BCUT2D eigenvalue weighted by Gasteiger charge is 2.05. The molecule has 0 aromatic carbocycles. The number of anilines is 1. The first-order chi connectivity index (χ1) is 7.00. The van der Waals surface area contributed by atoms with Gasteiger partial charge in [0, 0.05) is 11.9 Å². The van der Waals surface area contributed by atoms with Gasteiger partial charge in [-0.25, -0.2) is 4.98 Å². The standard InChI is InChI=1S/C12H19N3/c1-8(2)10(5)14-12-7-13-6-11(15-12)9(3)4/h6-9H,5H2,1-4H3,(H,14,15). The fourth-order valence-electron chi connectivity index (χ4n) is 1.03. The van der Waals surface area contributed by atoms with Crippen LogP contribution in [0.4, 0.5) is 5.82 Å². The first-order valence-electron chi connectivity index (χ1n) is 5.28. The largest absolute Gasteiger partial charge is 0.343 e. The molecule has 3 heteroatoms. The fraction of sp³-hybridized carbons (Fsp3) is 0.500. The lowest BCUT2D eigenvalue weighted by atomic mass is 10.1. The van der Waals surface area contributed by atoms with Crippen LogP contribution in [0.1, 0.15) is 39.3 Å². The van der Waals surface area contributed by atoms with Crippen LogP contribution in [0, 0.1) is 5.92 Å². The maximum Gasteiger partial charge on any atom is 0.148 e. The Labute approximate surface area is 91.7 Å². The van der Waals surface area contributed by atoms with E-state index in [0.29, 0.717) is 11.8 Å². The molecule has 0 saturated carbocycles. The molecule has 1 aromatic heterocycles. The second kappa shape index (κ2) is 4.91. The average molecular weight is 205 g/mol. The highest BCUT2D eigenvalue weighted by molar-refractivity contribution is 5.39. The number of nitrogens with zero attached hydrogens (tertiary/aromatic N) is 2. The summed E-state index contributed by atoms with van der Waals surface area (Å²) in [6.45, 7) is 12.3. The number of aromatic nitrogens is 2. The van der Waals surface area contributed by atoms with Gasteiger partial charge in [0.1, 0.15) is 5.82 Å². The molecule has 1 rings (SSSR count). The lowest BCUT2D eigenvalue weighted by Crippen LogP contribution is -2.07. The van der Waals surface area contributed by atoms with Crippen LogP contribution >= 0.6 is 0 Å². The van der Waals surface area contributed by atoms with Crippen molar-refractivity contribution in [1.82, 2.24) is 9.97 Å². The van der Waals surface area contributed by atoms with Gasteiger partial charge in [0.2, 0.25) is 0 Å². The SMILES string of the molecule is C=C(Nc1cncc(C(C)C)n1)C(C)C. The van der Waals surface area contributed by atoms with Crippen molar-refractivity contribution in [1.29, 1.82) is 0 Å². The normalized spacial score (nSPS) is 10.8. The van der Waals surface area contributed by atoms with Crippen LogP contribution in [0.5, 0.6) is 0 Å². The number of hydrogen-bond donors (Lipinski definition) is 1. The van der Waals surface area contributed by atoms with E-state index < -0.39 is 0 Å². The molecule has 0 aliphatic carbocycles. The minimum absolute atomic E-state index is 0.395. The van der Waals surface area contributed by atoms with E-state index in [2.05, 4.69) is 49.6 Å². The van der Waals surface area contributed by atoms with Gasteiger partial charge >= 0.3 is 0 Å². The molecule has 0 bridgehead atoms. The summed E-state index contributed by atoms with van der Waals surface area (Å²) in [6, 6.07) is 0. The minimum Gasteiger partial charge on any atom is -0.343 e. The predicted octanol–water partition coefficient (Wildman–Crippen LogP) is 3.18. The fourth-order valence-corrected chi connectivity index (χ4v) is 1.03. The minimum atomic E-state index is 0.395. The number of nitrogens with one attached hydrogen (secondary N) is 1. The first kappa shape index (κ1) is 11.7. The third-order valence-electron chi connectivity index (χ3n) is 2.23. The summed E-state index contributed by atoms with van der Waals surface area (Å²) in [5.74, 6) is 1.57. The van der Waals surface area contributed by atoms with Crippen molar-refractivity contribution in [2.75, 3.05) is 5.32 Å². The summed E-state index contributed by atoms with van der Waals surface area (Å²) in [6.07, 6.45) is 3.52. The molecule has 0 spiro atoms. The zero-order chi connectivity index (χ0) is 11.4. The van der Waals surface area contributed by atoms with Crippen molar-refractivity contribution >= 4 is 5.82 Å². The Hall–Kier alpha value is -1.38. The van der Waals surface area contributed by atoms with E-state index in [-0.39, 0.29) is 0 Å². The van der Waals surface area contributed by atoms with Crippen LogP contribution in [0.15, 0.2) is 24.7 Å². The van der Waals surface area contributed by atoms with Crippen LogP contribution in [-0.2, 0) is 0 Å². The van der Waals surface area contributed by atoms with Gasteiger partial charge in [0.15, 0.2) is 0 Å². The molecule has 0 aliphatic heterocycles. The van der Waals surface area contributed by atoms with Crippen molar-refractivity contribution in [3.05, 3.63) is 30.4 Å². The van der Waals surface area contributed by atoms with Crippen LogP contribution in [0.25, 0.3) is 0 Å². The van der Waals surface area contributed by atoms with Crippen LogP contribution in [0.2, 0.25) is 0 Å². The molecule has 0 aliphatic rings. The van der Waals surface area contributed by atoms with Gasteiger partial charge in [-0.2, -0.15) is 0 Å². The Morgan fingerprint density at radius 1 is 1.27 bits per heavy atom. The smallest absolute Gasteiger partial charge is 0.148 e. The molecular formula is C12H19N3. The topological polar surface area (TPSA) is 37.8 Å². The maximum absolute atomic E-state index is 4.46. The molecule has 3 nitrogen and oxygen atoms in total. The van der Waals surface area contributed by atoms with E-state index in [4.69, 9.17) is 0 Å². The van der Waals surface area contributed by atoms with E-state index in [1.807, 2.05) is 0 Å². The van der Waals surface area contributed by atoms with Crippen LogP contribution in [-0.4, -0.2) is 9.97 Å². The van der Waals surface area contributed by atoms with Crippen LogP contribution < -0.4 is 5.32 Å². The molecule has 0 fully saturated rings. The molecule has 1 N–H and O–H groups in total. The summed E-state index contributed by atoms with van der Waals surface area (Å²) in [4.78, 5) is 8.61. The summed E-state index contributed by atoms with van der Waals surface area (Å²) < 4.78 is 0. The van der Waals surface area contributed by atoms with E-state index in [0.717, 1.165) is 17.2 Å². The van der Waals surface area contributed by atoms with Gasteiger partial charge < -0.3 is 5.32 Å². The second-order valence-corrected chi connectivity index (χ2v) is 4.29. The summed E-state index contributed by atoms with van der Waals surface area (Å²) in [5, 5.41) is 3.17. The Morgan fingerprint density at radius 2 is 1.93 bits per heavy atom. The van der Waals surface area contributed by atoms with Crippen molar-refractivity contribution in [2.24, 2.45) is 5.92 Å². The number of allylic oxidation sites excluding steroid dienone is 1. The average Bonchev–Trinajstić information content (AvgIpc) is 2.18. The molecule has 0 amide bonds. The molecule has 0 saturated heterocycles. The highest BCUT2D eigenvalue weighted by Crippen LogP contribution is 2.15. The van der Waals surface area contributed by atoms with E-state index in [9.17, 15) is 0 Å². The number of hydrogen-bond acceptors (Lipinski definition) is 3. The van der Waals surface area contributed by atoms with Crippen molar-refractivity contribution in [3.8, 4) is 0 Å². The highest BCUT2D eigenvalue weighted by atomic mass is 15.0. The molecule has 82 valence electrons. The van der Waals surface area contributed by atoms with Gasteiger partial charge in [-0.1, -0.05) is 34.3 Å². The molecule has 0 atom stereocenters. The second-order valence-electron chi connectivity index (χ2n) is 4.29. The van der Waals surface area contributed by atoms with Gasteiger partial charge in [0.05, 0.1) is 11.9 Å². The lowest BCUT2D eigenvalue weighted by Gasteiger charge is -2.12. The Bertz CT molecular complexity index is 342. The third-order valence-corrected chi connectivity index (χ3v) is 2.23. The maximum atomic E-state index is 4.46. The Balaban J connectivity index is 2.78. The van der Waals surface area contributed by atoms with Gasteiger partial charge in [0.25, 0.3) is 0 Å². The zero-order valence-corrected chi connectivity index (χ0v) is 9.91. The molecule has 1 heterocycles. The van der Waals surface area contributed by atoms with Crippen molar-refractivity contribution in [3.63, 3.8) is 0 Å². The van der Waals surface area contributed by atoms with Gasteiger partial charge in [-0.3, -0.25) is 4.98 Å². The van der Waals surface area contributed by atoms with E-state index in [1.165, 1.54) is 0 Å². The van der Waals surface area contributed by atoms with Crippen molar-refractivity contribution in [2.45, 2.75) is 33.6 Å². The predicted molar refractivity (Wildman–Crippen MR) is 63.7 cm³/mol. The van der Waals surface area contributed by atoms with Gasteiger partial charge in [-0.15, -0.1) is 0 Å². The summed E-state index contributed by atoms with van der Waals surface area (Å²) in [7, 11) is 0. The Morgan fingerprint density at radius 3 is 2.47 bits per heavy atom.